The highest BCUT2D eigenvalue weighted by atomic mass is 16.4. The van der Waals surface area contributed by atoms with Crippen LogP contribution in [0.3, 0.4) is 0 Å². The lowest BCUT2D eigenvalue weighted by Gasteiger charge is -2.26. The summed E-state index contributed by atoms with van der Waals surface area (Å²) in [4.78, 5) is 24.5. The molecular formula is C13H24N2O3. The molecule has 1 unspecified atom stereocenters. The number of nitrogens with zero attached hydrogens (tertiary/aromatic N) is 1. The number of carbonyl (C=O) groups excluding carboxylic acids is 1. The number of carboxylic acids is 1. The Morgan fingerprint density at radius 2 is 1.94 bits per heavy atom. The summed E-state index contributed by atoms with van der Waals surface area (Å²) >= 11 is 0. The molecular weight excluding hydrogens is 232 g/mol. The maximum atomic E-state index is 12.2. The molecule has 1 fully saturated rings. The average Bonchev–Trinajstić information content (AvgIpc) is 3.09. The molecule has 0 aromatic carbocycles. The molecule has 18 heavy (non-hydrogen) atoms. The smallest absolute Gasteiger partial charge is 0.303 e. The number of carboxylic acid groups (broad SMARTS) is 1. The molecule has 0 aromatic heterocycles. The zero-order valence-corrected chi connectivity index (χ0v) is 11.3. The van der Waals surface area contributed by atoms with Gasteiger partial charge in [-0.25, -0.2) is 0 Å². The van der Waals surface area contributed by atoms with Gasteiger partial charge < -0.3 is 15.7 Å². The van der Waals surface area contributed by atoms with E-state index in [4.69, 9.17) is 10.8 Å². The highest BCUT2D eigenvalue weighted by Crippen LogP contribution is 2.28. The van der Waals surface area contributed by atoms with E-state index in [2.05, 4.69) is 13.8 Å². The van der Waals surface area contributed by atoms with Crippen LogP contribution >= 0.6 is 0 Å². The summed E-state index contributed by atoms with van der Waals surface area (Å²) < 4.78 is 0. The Morgan fingerprint density at radius 1 is 1.33 bits per heavy atom. The Kier molecular flexibility index (Phi) is 5.59. The van der Waals surface area contributed by atoms with E-state index < -0.39 is 12.0 Å². The first-order valence-electron chi connectivity index (χ1n) is 6.69. The van der Waals surface area contributed by atoms with Crippen molar-refractivity contribution >= 4 is 11.9 Å². The minimum atomic E-state index is -0.904. The second-order valence-electron chi connectivity index (χ2n) is 5.48. The predicted octanol–water partition coefficient (Wildman–Crippen LogP) is 1.22. The molecule has 1 aliphatic carbocycles. The number of carbonyl (C=O) groups is 2. The molecule has 0 heterocycles. The van der Waals surface area contributed by atoms with Gasteiger partial charge in [0.05, 0.1) is 6.04 Å². The fraction of sp³-hybridized carbons (Fsp3) is 0.846. The van der Waals surface area contributed by atoms with Crippen molar-refractivity contribution in [2.24, 2.45) is 11.7 Å². The van der Waals surface area contributed by atoms with Gasteiger partial charge in [-0.05, 0) is 31.6 Å². The Hall–Kier alpha value is -1.10. The number of nitrogens with two attached hydrogens (primary N) is 1. The standard InChI is InChI=1S/C13H24N2O3/c1-9(2)7-8-15(10-3-4-10)13(18)11(14)5-6-12(16)17/h9-11H,3-8,14H2,1-2H3,(H,16,17). The van der Waals surface area contributed by atoms with Crippen LogP contribution in [-0.4, -0.2) is 40.5 Å². The Bertz CT molecular complexity index is 301. The van der Waals surface area contributed by atoms with Gasteiger partial charge in [0.25, 0.3) is 0 Å². The van der Waals surface area contributed by atoms with Crippen molar-refractivity contribution in [3.63, 3.8) is 0 Å². The second-order valence-corrected chi connectivity index (χ2v) is 5.48. The van der Waals surface area contributed by atoms with Crippen molar-refractivity contribution < 1.29 is 14.7 Å². The Labute approximate surface area is 108 Å². The molecule has 0 aliphatic heterocycles. The summed E-state index contributed by atoms with van der Waals surface area (Å²) in [7, 11) is 0. The summed E-state index contributed by atoms with van der Waals surface area (Å²) in [5.74, 6) is -0.438. The molecule has 0 aromatic rings. The molecule has 0 radical (unpaired) electrons. The number of aliphatic carboxylic acids is 1. The van der Waals surface area contributed by atoms with Gasteiger partial charge in [0.1, 0.15) is 0 Å². The van der Waals surface area contributed by atoms with Crippen LogP contribution in [0.4, 0.5) is 0 Å². The zero-order chi connectivity index (χ0) is 13.7. The highest BCUT2D eigenvalue weighted by Gasteiger charge is 2.34. The molecule has 1 aliphatic rings. The van der Waals surface area contributed by atoms with Crippen LogP contribution in [0.2, 0.25) is 0 Å². The van der Waals surface area contributed by atoms with Crippen molar-refractivity contribution in [1.29, 1.82) is 0 Å². The van der Waals surface area contributed by atoms with Gasteiger partial charge in [0.2, 0.25) is 5.91 Å². The zero-order valence-electron chi connectivity index (χ0n) is 11.3. The lowest BCUT2D eigenvalue weighted by Crippen LogP contribution is -2.45. The molecule has 1 rings (SSSR count). The lowest BCUT2D eigenvalue weighted by atomic mass is 10.1. The minimum absolute atomic E-state index is 0.0460. The third-order valence-corrected chi connectivity index (χ3v) is 3.20. The first-order chi connectivity index (χ1) is 8.41. The van der Waals surface area contributed by atoms with Crippen molar-refractivity contribution in [2.75, 3.05) is 6.54 Å². The first-order valence-corrected chi connectivity index (χ1v) is 6.69. The molecule has 0 bridgehead atoms. The minimum Gasteiger partial charge on any atom is -0.481 e. The van der Waals surface area contributed by atoms with Crippen molar-refractivity contribution in [1.82, 2.24) is 4.90 Å². The number of amides is 1. The third-order valence-electron chi connectivity index (χ3n) is 3.20. The van der Waals surface area contributed by atoms with Crippen LogP contribution in [0.1, 0.15) is 46.0 Å². The monoisotopic (exact) mass is 256 g/mol. The Morgan fingerprint density at radius 3 is 2.39 bits per heavy atom. The van der Waals surface area contributed by atoms with Crippen LogP contribution in [0.25, 0.3) is 0 Å². The third kappa shape index (κ3) is 5.04. The van der Waals surface area contributed by atoms with Gasteiger partial charge in [0, 0.05) is 19.0 Å². The molecule has 0 spiro atoms. The second kappa shape index (κ2) is 6.73. The molecule has 0 saturated heterocycles. The maximum absolute atomic E-state index is 12.2. The quantitative estimate of drug-likeness (QED) is 0.684. The molecule has 1 atom stereocenters. The fourth-order valence-electron chi connectivity index (χ4n) is 1.87. The normalized spacial score (nSPS) is 16.7. The summed E-state index contributed by atoms with van der Waals surface area (Å²) in [6.07, 6.45) is 3.24. The molecule has 5 nitrogen and oxygen atoms in total. The topological polar surface area (TPSA) is 83.6 Å². The van der Waals surface area contributed by atoms with Gasteiger partial charge in [-0.2, -0.15) is 0 Å². The van der Waals surface area contributed by atoms with Crippen molar-refractivity contribution in [3.05, 3.63) is 0 Å². The molecule has 5 heteroatoms. The maximum Gasteiger partial charge on any atom is 0.303 e. The van der Waals surface area contributed by atoms with Gasteiger partial charge in [-0.15, -0.1) is 0 Å². The van der Waals surface area contributed by atoms with E-state index in [-0.39, 0.29) is 18.7 Å². The van der Waals surface area contributed by atoms with Crippen LogP contribution in [-0.2, 0) is 9.59 Å². The highest BCUT2D eigenvalue weighted by molar-refractivity contribution is 5.82. The van der Waals surface area contributed by atoms with Crippen LogP contribution < -0.4 is 5.73 Å². The van der Waals surface area contributed by atoms with E-state index in [1.807, 2.05) is 4.90 Å². The van der Waals surface area contributed by atoms with E-state index in [1.54, 1.807) is 0 Å². The number of rotatable bonds is 8. The van der Waals surface area contributed by atoms with Crippen LogP contribution in [0.15, 0.2) is 0 Å². The SMILES string of the molecule is CC(C)CCN(C(=O)C(N)CCC(=O)O)C1CC1. The van der Waals surface area contributed by atoms with E-state index >= 15 is 0 Å². The Balaban J connectivity index is 2.45. The summed E-state index contributed by atoms with van der Waals surface area (Å²) in [5, 5.41) is 8.60. The summed E-state index contributed by atoms with van der Waals surface area (Å²) in [6, 6.07) is -0.332. The van der Waals surface area contributed by atoms with E-state index in [0.717, 1.165) is 25.8 Å². The van der Waals surface area contributed by atoms with Gasteiger partial charge in [0.15, 0.2) is 0 Å². The number of hydrogen-bond acceptors (Lipinski definition) is 3. The van der Waals surface area contributed by atoms with Crippen molar-refractivity contribution in [3.8, 4) is 0 Å². The predicted molar refractivity (Wildman–Crippen MR) is 69.0 cm³/mol. The molecule has 104 valence electrons. The van der Waals surface area contributed by atoms with E-state index in [0.29, 0.717) is 12.0 Å². The van der Waals surface area contributed by atoms with Gasteiger partial charge in [-0.3, -0.25) is 9.59 Å². The fourth-order valence-corrected chi connectivity index (χ4v) is 1.87. The number of hydrogen-bond donors (Lipinski definition) is 2. The van der Waals surface area contributed by atoms with Gasteiger partial charge in [-0.1, -0.05) is 13.8 Å². The molecule has 1 saturated carbocycles. The van der Waals surface area contributed by atoms with Crippen LogP contribution in [0, 0.1) is 5.92 Å². The van der Waals surface area contributed by atoms with Crippen LogP contribution in [0.5, 0.6) is 0 Å². The lowest BCUT2D eigenvalue weighted by molar-refractivity contribution is -0.137. The first kappa shape index (κ1) is 15.0. The molecule has 1 amide bonds. The van der Waals surface area contributed by atoms with E-state index in [1.165, 1.54) is 0 Å². The van der Waals surface area contributed by atoms with Gasteiger partial charge >= 0.3 is 5.97 Å². The summed E-state index contributed by atoms with van der Waals surface area (Å²) in [6.45, 7) is 4.99. The van der Waals surface area contributed by atoms with E-state index in [9.17, 15) is 9.59 Å². The van der Waals surface area contributed by atoms with Crippen molar-refractivity contribution in [2.45, 2.75) is 58.0 Å². The average molecular weight is 256 g/mol. The largest absolute Gasteiger partial charge is 0.481 e. The summed E-state index contributed by atoms with van der Waals surface area (Å²) in [5.41, 5.74) is 5.78. The molecule has 3 N–H and O–H groups in total.